The summed E-state index contributed by atoms with van der Waals surface area (Å²) in [7, 11) is 0. The number of Topliss-reactive ketones (excluding diaryl/α,β-unsaturated/α-hetero) is 1. The molecule has 0 aromatic rings. The highest BCUT2D eigenvalue weighted by atomic mass is 16.6. The molecule has 1 rings (SSSR count). The molecule has 0 atom stereocenters. The number of hydrogen-bond acceptors (Lipinski definition) is 3. The van der Waals surface area contributed by atoms with Gasteiger partial charge in [-0.2, -0.15) is 0 Å². The van der Waals surface area contributed by atoms with Crippen molar-refractivity contribution in [3.05, 3.63) is 0 Å². The van der Waals surface area contributed by atoms with E-state index in [4.69, 9.17) is 4.74 Å². The second-order valence-corrected chi connectivity index (χ2v) is 4.95. The lowest BCUT2D eigenvalue weighted by Gasteiger charge is -2.36. The van der Waals surface area contributed by atoms with E-state index in [1.807, 2.05) is 20.8 Å². The summed E-state index contributed by atoms with van der Waals surface area (Å²) in [5, 5.41) is 0. The molecule has 0 unspecified atom stereocenters. The van der Waals surface area contributed by atoms with Crippen molar-refractivity contribution in [2.24, 2.45) is 5.41 Å². The van der Waals surface area contributed by atoms with Crippen LogP contribution in [0.2, 0.25) is 0 Å². The zero-order valence-corrected chi connectivity index (χ0v) is 8.64. The summed E-state index contributed by atoms with van der Waals surface area (Å²) in [6, 6.07) is 0. The van der Waals surface area contributed by atoms with Gasteiger partial charge in [0, 0.05) is 12.8 Å². The number of rotatable bonds is 1. The molecule has 0 N–H and O–H groups in total. The molecule has 3 heteroatoms. The lowest BCUT2D eigenvalue weighted by Crippen LogP contribution is -2.45. The smallest absolute Gasteiger partial charge is 0.313 e. The first-order chi connectivity index (χ1) is 5.73. The summed E-state index contributed by atoms with van der Waals surface area (Å²) < 4.78 is 5.20. The third kappa shape index (κ3) is 2.29. The number of ketones is 1. The minimum Gasteiger partial charge on any atom is -0.460 e. The molecule has 1 fully saturated rings. The summed E-state index contributed by atoms with van der Waals surface area (Å²) in [5.74, 6) is -0.104. The van der Waals surface area contributed by atoms with Gasteiger partial charge in [-0.15, -0.1) is 0 Å². The third-order valence-corrected chi connectivity index (χ3v) is 2.07. The maximum absolute atomic E-state index is 11.5. The van der Waals surface area contributed by atoms with Gasteiger partial charge in [0.2, 0.25) is 0 Å². The fourth-order valence-corrected chi connectivity index (χ4v) is 1.36. The maximum atomic E-state index is 11.5. The Morgan fingerprint density at radius 1 is 1.38 bits per heavy atom. The molecule has 1 aliphatic carbocycles. The topological polar surface area (TPSA) is 43.4 Å². The molecule has 1 aliphatic rings. The van der Waals surface area contributed by atoms with Crippen molar-refractivity contribution in [3.63, 3.8) is 0 Å². The van der Waals surface area contributed by atoms with Crippen molar-refractivity contribution < 1.29 is 14.3 Å². The zero-order valence-electron chi connectivity index (χ0n) is 8.64. The molecule has 0 amide bonds. The van der Waals surface area contributed by atoms with Gasteiger partial charge in [0.25, 0.3) is 0 Å². The molecule has 74 valence electrons. The fourth-order valence-electron chi connectivity index (χ4n) is 1.36. The lowest BCUT2D eigenvalue weighted by molar-refractivity contribution is -0.174. The van der Waals surface area contributed by atoms with Gasteiger partial charge in [-0.1, -0.05) is 0 Å². The van der Waals surface area contributed by atoms with E-state index < -0.39 is 11.0 Å². The van der Waals surface area contributed by atoms with Gasteiger partial charge in [0.05, 0.1) is 5.41 Å². The van der Waals surface area contributed by atoms with Crippen molar-refractivity contribution in [3.8, 4) is 0 Å². The minimum absolute atomic E-state index is 0.147. The number of carbonyl (C=O) groups is 2. The van der Waals surface area contributed by atoms with Crippen molar-refractivity contribution in [1.82, 2.24) is 0 Å². The van der Waals surface area contributed by atoms with Crippen LogP contribution in [0, 0.1) is 5.41 Å². The monoisotopic (exact) mass is 184 g/mol. The Hall–Kier alpha value is -0.860. The SMILES string of the molecule is CC(C)(C)OC(=O)C1(C)CC(=O)C1. The molecule has 13 heavy (non-hydrogen) atoms. The van der Waals surface area contributed by atoms with Crippen molar-refractivity contribution in [1.29, 1.82) is 0 Å². The quantitative estimate of drug-likeness (QED) is 0.582. The van der Waals surface area contributed by atoms with Gasteiger partial charge >= 0.3 is 5.97 Å². The van der Waals surface area contributed by atoms with E-state index >= 15 is 0 Å². The van der Waals surface area contributed by atoms with Gasteiger partial charge in [-0.3, -0.25) is 9.59 Å². The Kier molecular flexibility index (Phi) is 2.22. The normalized spacial score (nSPS) is 20.8. The molecule has 0 heterocycles. The maximum Gasteiger partial charge on any atom is 0.313 e. The Labute approximate surface area is 78.5 Å². The van der Waals surface area contributed by atoms with E-state index in [1.54, 1.807) is 6.92 Å². The van der Waals surface area contributed by atoms with E-state index in [0.717, 1.165) is 0 Å². The average Bonchev–Trinajstić information content (AvgIpc) is 1.80. The van der Waals surface area contributed by atoms with Gasteiger partial charge in [0.1, 0.15) is 11.4 Å². The van der Waals surface area contributed by atoms with Crippen LogP contribution in [0.3, 0.4) is 0 Å². The molecule has 3 nitrogen and oxygen atoms in total. The molecular formula is C10H16O3. The van der Waals surface area contributed by atoms with E-state index in [-0.39, 0.29) is 11.8 Å². The molecular weight excluding hydrogens is 168 g/mol. The van der Waals surface area contributed by atoms with Crippen LogP contribution < -0.4 is 0 Å². The standard InChI is InChI=1S/C10H16O3/c1-9(2,3)13-8(12)10(4)5-7(11)6-10/h5-6H2,1-4H3. The van der Waals surface area contributed by atoms with E-state index in [2.05, 4.69) is 0 Å². The van der Waals surface area contributed by atoms with Crippen LogP contribution >= 0.6 is 0 Å². The molecule has 0 radical (unpaired) electrons. The zero-order chi connectivity index (χ0) is 10.3. The number of esters is 1. The highest BCUT2D eigenvalue weighted by Gasteiger charge is 2.47. The van der Waals surface area contributed by atoms with E-state index in [1.165, 1.54) is 0 Å². The second-order valence-electron chi connectivity index (χ2n) is 4.95. The summed E-state index contributed by atoms with van der Waals surface area (Å²) in [6.45, 7) is 7.26. The summed E-state index contributed by atoms with van der Waals surface area (Å²) >= 11 is 0. The fraction of sp³-hybridized carbons (Fsp3) is 0.800. The summed E-state index contributed by atoms with van der Waals surface area (Å²) in [6.07, 6.45) is 0.670. The number of ether oxygens (including phenoxy) is 1. The second kappa shape index (κ2) is 2.82. The van der Waals surface area contributed by atoms with E-state index in [9.17, 15) is 9.59 Å². The van der Waals surface area contributed by atoms with Crippen molar-refractivity contribution in [2.75, 3.05) is 0 Å². The predicted molar refractivity (Wildman–Crippen MR) is 48.2 cm³/mol. The highest BCUT2D eigenvalue weighted by molar-refractivity contribution is 5.97. The highest BCUT2D eigenvalue weighted by Crippen LogP contribution is 2.39. The lowest BCUT2D eigenvalue weighted by atomic mass is 9.69. The van der Waals surface area contributed by atoms with Crippen LogP contribution in [0.5, 0.6) is 0 Å². The van der Waals surface area contributed by atoms with Gasteiger partial charge in [0.15, 0.2) is 0 Å². The Bertz CT molecular complexity index is 239. The van der Waals surface area contributed by atoms with Crippen LogP contribution in [-0.4, -0.2) is 17.4 Å². The molecule has 0 bridgehead atoms. The molecule has 0 aromatic carbocycles. The van der Waals surface area contributed by atoms with Crippen molar-refractivity contribution >= 4 is 11.8 Å². The largest absolute Gasteiger partial charge is 0.460 e. The summed E-state index contributed by atoms with van der Waals surface area (Å²) in [4.78, 5) is 22.3. The molecule has 0 aromatic heterocycles. The number of carbonyl (C=O) groups excluding carboxylic acids is 2. The van der Waals surface area contributed by atoms with E-state index in [0.29, 0.717) is 12.8 Å². The number of hydrogen-bond donors (Lipinski definition) is 0. The Morgan fingerprint density at radius 2 is 1.85 bits per heavy atom. The van der Waals surface area contributed by atoms with Gasteiger partial charge in [-0.25, -0.2) is 0 Å². The molecule has 0 saturated heterocycles. The molecule has 0 spiro atoms. The summed E-state index contributed by atoms with van der Waals surface area (Å²) in [5.41, 5.74) is -1.01. The van der Waals surface area contributed by atoms with Crippen LogP contribution in [0.25, 0.3) is 0 Å². The molecule has 1 saturated carbocycles. The van der Waals surface area contributed by atoms with Crippen LogP contribution in [0.15, 0.2) is 0 Å². The Morgan fingerprint density at radius 3 is 2.15 bits per heavy atom. The van der Waals surface area contributed by atoms with Crippen molar-refractivity contribution in [2.45, 2.75) is 46.1 Å². The van der Waals surface area contributed by atoms with Crippen LogP contribution in [0.4, 0.5) is 0 Å². The predicted octanol–water partition coefficient (Wildman–Crippen LogP) is 1.70. The first-order valence-electron chi connectivity index (χ1n) is 4.48. The minimum atomic E-state index is -0.551. The molecule has 0 aliphatic heterocycles. The Balaban J connectivity index is 2.54. The third-order valence-electron chi connectivity index (χ3n) is 2.07. The average molecular weight is 184 g/mol. The van der Waals surface area contributed by atoms with Crippen LogP contribution in [-0.2, 0) is 14.3 Å². The first-order valence-corrected chi connectivity index (χ1v) is 4.48. The van der Waals surface area contributed by atoms with Gasteiger partial charge in [-0.05, 0) is 27.7 Å². The first kappa shape index (κ1) is 10.2. The van der Waals surface area contributed by atoms with Gasteiger partial charge < -0.3 is 4.74 Å². The van der Waals surface area contributed by atoms with Crippen LogP contribution in [0.1, 0.15) is 40.5 Å².